The number of aryl methyl sites for hydroxylation is 1. The Morgan fingerprint density at radius 3 is 2.69 bits per heavy atom. The maximum atomic E-state index is 13.6. The Hall–Kier alpha value is -2.48. The van der Waals surface area contributed by atoms with E-state index in [2.05, 4.69) is 10.3 Å². The molecule has 0 saturated carbocycles. The van der Waals surface area contributed by atoms with Gasteiger partial charge in [-0.1, -0.05) is 12.1 Å². The van der Waals surface area contributed by atoms with Gasteiger partial charge in [0.1, 0.15) is 11.5 Å². The number of hydrogen-bond acceptors (Lipinski definition) is 3. The summed E-state index contributed by atoms with van der Waals surface area (Å²) < 4.78 is 51.9. The molecule has 1 atom stereocenters. The Bertz CT molecular complexity index is 822. The lowest BCUT2D eigenvalue weighted by Gasteiger charge is -2.37. The number of carbonyl (C=O) groups is 1. The molecule has 8 heteroatoms. The average molecular weight is 367 g/mol. The number of amides is 1. The molecule has 0 aliphatic carbocycles. The minimum Gasteiger partial charge on any atom is -0.329 e. The van der Waals surface area contributed by atoms with Crippen molar-refractivity contribution in [2.75, 3.05) is 19.6 Å². The molecule has 1 unspecified atom stereocenters. The van der Waals surface area contributed by atoms with Crippen LogP contribution >= 0.6 is 0 Å². The van der Waals surface area contributed by atoms with Crippen molar-refractivity contribution in [3.05, 3.63) is 64.7 Å². The number of carbonyl (C=O) groups excluding carboxylic acids is 1. The number of aromatic nitrogens is 1. The van der Waals surface area contributed by atoms with Crippen molar-refractivity contribution in [3.63, 3.8) is 0 Å². The van der Waals surface area contributed by atoms with Gasteiger partial charge in [-0.05, 0) is 36.8 Å². The van der Waals surface area contributed by atoms with Crippen LogP contribution in [0.2, 0.25) is 0 Å². The molecule has 2 heterocycles. The monoisotopic (exact) mass is 367 g/mol. The molecule has 1 amide bonds. The third-order valence-electron chi connectivity index (χ3n) is 4.34. The van der Waals surface area contributed by atoms with Gasteiger partial charge in [0.15, 0.2) is 0 Å². The van der Waals surface area contributed by atoms with Crippen LogP contribution in [0.5, 0.6) is 0 Å². The first-order chi connectivity index (χ1) is 12.3. The number of halogens is 4. The van der Waals surface area contributed by atoms with Gasteiger partial charge in [0.05, 0.1) is 17.3 Å². The van der Waals surface area contributed by atoms with E-state index in [0.29, 0.717) is 25.2 Å². The summed E-state index contributed by atoms with van der Waals surface area (Å²) in [5.74, 6) is -0.827. The minimum atomic E-state index is -4.56. The van der Waals surface area contributed by atoms with Crippen LogP contribution in [0.4, 0.5) is 17.6 Å². The van der Waals surface area contributed by atoms with E-state index >= 15 is 0 Å². The van der Waals surface area contributed by atoms with Gasteiger partial charge < -0.3 is 10.2 Å². The molecule has 26 heavy (non-hydrogen) atoms. The minimum absolute atomic E-state index is 0.0151. The molecule has 1 aliphatic rings. The number of hydrogen-bond donors (Lipinski definition) is 1. The summed E-state index contributed by atoms with van der Waals surface area (Å²) in [6.07, 6.45) is -4.56. The molecule has 0 bridgehead atoms. The molecule has 1 saturated heterocycles. The Morgan fingerprint density at radius 1 is 1.27 bits per heavy atom. The van der Waals surface area contributed by atoms with Crippen LogP contribution in [-0.4, -0.2) is 35.4 Å². The van der Waals surface area contributed by atoms with E-state index < -0.39 is 29.6 Å². The van der Waals surface area contributed by atoms with Crippen molar-refractivity contribution in [1.29, 1.82) is 0 Å². The van der Waals surface area contributed by atoms with Gasteiger partial charge in [-0.2, -0.15) is 13.2 Å². The normalized spacial score (nSPS) is 18.0. The standard InChI is InChI=1S/C18H17F4N3O/c1-11-14(5-6-16(24-11)18(20,21)22)17(26)25-8-7-23-10-15(25)12-3-2-4-13(19)9-12/h2-6,9,15,23H,7-8,10H2,1H3. The zero-order chi connectivity index (χ0) is 18.9. The lowest BCUT2D eigenvalue weighted by molar-refractivity contribution is -0.141. The van der Waals surface area contributed by atoms with Gasteiger partial charge in [-0.3, -0.25) is 4.79 Å². The van der Waals surface area contributed by atoms with Crippen molar-refractivity contribution in [2.45, 2.75) is 19.1 Å². The second-order valence-electron chi connectivity index (χ2n) is 6.10. The highest BCUT2D eigenvalue weighted by Crippen LogP contribution is 2.30. The van der Waals surface area contributed by atoms with Gasteiger partial charge in [-0.25, -0.2) is 9.37 Å². The van der Waals surface area contributed by atoms with Gasteiger partial charge in [-0.15, -0.1) is 0 Å². The molecular weight excluding hydrogens is 350 g/mol. The summed E-state index contributed by atoms with van der Waals surface area (Å²) in [6, 6.07) is 7.50. The number of alkyl halides is 3. The number of rotatable bonds is 2. The summed E-state index contributed by atoms with van der Waals surface area (Å²) in [5, 5.41) is 3.15. The van der Waals surface area contributed by atoms with E-state index in [9.17, 15) is 22.4 Å². The maximum absolute atomic E-state index is 13.6. The highest BCUT2D eigenvalue weighted by molar-refractivity contribution is 5.95. The molecule has 0 radical (unpaired) electrons. The van der Waals surface area contributed by atoms with E-state index in [0.717, 1.165) is 12.1 Å². The fourth-order valence-electron chi connectivity index (χ4n) is 3.06. The van der Waals surface area contributed by atoms with Crippen LogP contribution in [0.15, 0.2) is 36.4 Å². The largest absolute Gasteiger partial charge is 0.433 e. The van der Waals surface area contributed by atoms with Crippen LogP contribution in [0.1, 0.15) is 33.4 Å². The van der Waals surface area contributed by atoms with Gasteiger partial charge in [0.25, 0.3) is 5.91 Å². The summed E-state index contributed by atoms with van der Waals surface area (Å²) in [7, 11) is 0. The molecule has 1 aromatic heterocycles. The van der Waals surface area contributed by atoms with E-state index in [1.165, 1.54) is 19.1 Å². The van der Waals surface area contributed by atoms with Crippen molar-refractivity contribution in [3.8, 4) is 0 Å². The third kappa shape index (κ3) is 3.70. The second-order valence-corrected chi connectivity index (χ2v) is 6.10. The molecular formula is C18H17F4N3O. The van der Waals surface area contributed by atoms with E-state index in [-0.39, 0.29) is 11.3 Å². The van der Waals surface area contributed by atoms with Crippen molar-refractivity contribution >= 4 is 5.91 Å². The van der Waals surface area contributed by atoms with Crippen molar-refractivity contribution in [2.24, 2.45) is 0 Å². The number of nitrogens with one attached hydrogen (secondary N) is 1. The molecule has 1 aromatic carbocycles. The Labute approximate surface area is 147 Å². The maximum Gasteiger partial charge on any atom is 0.433 e. The van der Waals surface area contributed by atoms with Crippen molar-refractivity contribution < 1.29 is 22.4 Å². The van der Waals surface area contributed by atoms with Crippen LogP contribution in [0.3, 0.4) is 0 Å². The topological polar surface area (TPSA) is 45.2 Å². The van der Waals surface area contributed by atoms with Crippen LogP contribution in [-0.2, 0) is 6.18 Å². The molecule has 1 N–H and O–H groups in total. The number of nitrogens with zero attached hydrogens (tertiary/aromatic N) is 2. The first-order valence-corrected chi connectivity index (χ1v) is 8.09. The lowest BCUT2D eigenvalue weighted by Crippen LogP contribution is -2.48. The van der Waals surface area contributed by atoms with Crippen LogP contribution in [0, 0.1) is 12.7 Å². The molecule has 1 aliphatic heterocycles. The van der Waals surface area contributed by atoms with Crippen molar-refractivity contribution in [1.82, 2.24) is 15.2 Å². The smallest absolute Gasteiger partial charge is 0.329 e. The first-order valence-electron chi connectivity index (χ1n) is 8.09. The van der Waals surface area contributed by atoms with Gasteiger partial charge >= 0.3 is 6.18 Å². The molecule has 3 rings (SSSR count). The molecule has 4 nitrogen and oxygen atoms in total. The molecule has 138 valence electrons. The predicted octanol–water partition coefficient (Wildman–Crippen LogP) is 3.33. The van der Waals surface area contributed by atoms with Gasteiger partial charge in [0, 0.05) is 19.6 Å². The average Bonchev–Trinajstić information content (AvgIpc) is 2.60. The van der Waals surface area contributed by atoms with E-state index in [4.69, 9.17) is 0 Å². The highest BCUT2D eigenvalue weighted by Gasteiger charge is 2.34. The zero-order valence-corrected chi connectivity index (χ0v) is 14.0. The first kappa shape index (κ1) is 18.3. The Kier molecular flexibility index (Phi) is 4.95. The summed E-state index contributed by atoms with van der Waals surface area (Å²) in [4.78, 5) is 18.0. The summed E-state index contributed by atoms with van der Waals surface area (Å²) in [6.45, 7) is 2.72. The van der Waals surface area contributed by atoms with E-state index in [1.807, 2.05) is 0 Å². The lowest BCUT2D eigenvalue weighted by atomic mass is 10.0. The van der Waals surface area contributed by atoms with Crippen LogP contribution in [0.25, 0.3) is 0 Å². The van der Waals surface area contributed by atoms with E-state index in [1.54, 1.807) is 17.0 Å². The Balaban J connectivity index is 1.92. The summed E-state index contributed by atoms with van der Waals surface area (Å²) in [5.41, 5.74) is -0.278. The molecule has 0 spiro atoms. The molecule has 1 fully saturated rings. The third-order valence-corrected chi connectivity index (χ3v) is 4.34. The van der Waals surface area contributed by atoms with Crippen LogP contribution < -0.4 is 5.32 Å². The number of piperazine rings is 1. The zero-order valence-electron chi connectivity index (χ0n) is 14.0. The highest BCUT2D eigenvalue weighted by atomic mass is 19.4. The Morgan fingerprint density at radius 2 is 2.04 bits per heavy atom. The number of pyridine rings is 1. The fraction of sp³-hybridized carbons (Fsp3) is 0.333. The number of benzene rings is 1. The quantitative estimate of drug-likeness (QED) is 0.829. The fourth-order valence-corrected chi connectivity index (χ4v) is 3.06. The predicted molar refractivity (Wildman–Crippen MR) is 87.0 cm³/mol. The summed E-state index contributed by atoms with van der Waals surface area (Å²) >= 11 is 0. The second kappa shape index (κ2) is 7.03. The molecule has 2 aromatic rings. The SMILES string of the molecule is Cc1nc(C(F)(F)F)ccc1C(=O)N1CCNCC1c1cccc(F)c1. The van der Waals surface area contributed by atoms with Gasteiger partial charge in [0.2, 0.25) is 0 Å².